The lowest BCUT2D eigenvalue weighted by molar-refractivity contribution is 0.0613. The van der Waals surface area contributed by atoms with E-state index in [4.69, 9.17) is 4.74 Å². The number of piperidine rings is 1. The molecular weight excluding hydrogens is 326 g/mol. The van der Waals surface area contributed by atoms with Gasteiger partial charge in [-0.2, -0.15) is 0 Å². The summed E-state index contributed by atoms with van der Waals surface area (Å²) in [6, 6.07) is 10.2. The van der Waals surface area contributed by atoms with Crippen LogP contribution < -0.4 is 4.90 Å². The molecule has 5 nitrogen and oxygen atoms in total. The lowest BCUT2D eigenvalue weighted by Crippen LogP contribution is -2.39. The third-order valence-corrected chi connectivity index (χ3v) is 5.01. The molecule has 2 aromatic rings. The van der Waals surface area contributed by atoms with Crippen molar-refractivity contribution in [2.24, 2.45) is 5.92 Å². The number of hydrogen-bond acceptors (Lipinski definition) is 4. The van der Waals surface area contributed by atoms with Crippen molar-refractivity contribution in [1.82, 2.24) is 9.88 Å². The quantitative estimate of drug-likeness (QED) is 0.827. The van der Waals surface area contributed by atoms with E-state index in [2.05, 4.69) is 34.1 Å². The minimum absolute atomic E-state index is 0.0696. The molecule has 0 aliphatic carbocycles. The summed E-state index contributed by atoms with van der Waals surface area (Å²) in [6.07, 6.45) is 5.48. The molecule has 0 saturated carbocycles. The van der Waals surface area contributed by atoms with Crippen molar-refractivity contribution in [3.63, 3.8) is 0 Å². The molecule has 0 unspecified atom stereocenters. The Morgan fingerprint density at radius 1 is 1.15 bits per heavy atom. The van der Waals surface area contributed by atoms with Gasteiger partial charge < -0.3 is 14.5 Å². The summed E-state index contributed by atoms with van der Waals surface area (Å²) >= 11 is 0. The lowest BCUT2D eigenvalue weighted by atomic mass is 9.97. The Bertz CT molecular complexity index is 735. The number of pyridine rings is 1. The predicted octanol–water partition coefficient (Wildman–Crippen LogP) is 3.31. The van der Waals surface area contributed by atoms with Crippen LogP contribution in [0.4, 0.5) is 5.69 Å². The molecule has 1 aliphatic heterocycles. The highest BCUT2D eigenvalue weighted by Crippen LogP contribution is 2.24. The number of rotatable bonds is 5. The van der Waals surface area contributed by atoms with Crippen molar-refractivity contribution in [1.29, 1.82) is 0 Å². The van der Waals surface area contributed by atoms with E-state index < -0.39 is 0 Å². The molecule has 0 spiro atoms. The monoisotopic (exact) mass is 353 g/mol. The molecule has 26 heavy (non-hydrogen) atoms. The molecule has 138 valence electrons. The van der Waals surface area contributed by atoms with Crippen molar-refractivity contribution in [2.75, 3.05) is 45.8 Å². The highest BCUT2D eigenvalue weighted by molar-refractivity contribution is 5.95. The number of anilines is 1. The average molecular weight is 353 g/mol. The van der Waals surface area contributed by atoms with Crippen LogP contribution in [-0.4, -0.2) is 56.7 Å². The second kappa shape index (κ2) is 8.32. The standard InChI is InChI=1S/C21H27N3O2/c1-23(2)20-6-4-17(5-7-20)18-12-19(14-22-13-18)21(25)24-10-8-16(9-11-24)15-26-3/h4-7,12-14,16H,8-11,15H2,1-3H3. The SMILES string of the molecule is COCC1CCN(C(=O)c2cncc(-c3ccc(N(C)C)cc3)c2)CC1. The number of ether oxygens (including phenoxy) is 1. The van der Waals surface area contributed by atoms with Gasteiger partial charge in [0.2, 0.25) is 0 Å². The zero-order chi connectivity index (χ0) is 18.5. The summed E-state index contributed by atoms with van der Waals surface area (Å²) in [7, 11) is 5.77. The Morgan fingerprint density at radius 2 is 1.85 bits per heavy atom. The van der Waals surface area contributed by atoms with Crippen LogP contribution in [0.5, 0.6) is 0 Å². The number of likely N-dealkylation sites (tertiary alicyclic amines) is 1. The van der Waals surface area contributed by atoms with Crippen molar-refractivity contribution in [2.45, 2.75) is 12.8 Å². The van der Waals surface area contributed by atoms with Crippen LogP contribution in [0.1, 0.15) is 23.2 Å². The second-order valence-electron chi connectivity index (χ2n) is 7.09. The molecular formula is C21H27N3O2. The molecule has 1 amide bonds. The summed E-state index contributed by atoms with van der Waals surface area (Å²) in [5.74, 6) is 0.629. The molecule has 3 rings (SSSR count). The van der Waals surface area contributed by atoms with Crippen LogP contribution in [0.25, 0.3) is 11.1 Å². The van der Waals surface area contributed by atoms with Crippen LogP contribution in [0, 0.1) is 5.92 Å². The third-order valence-electron chi connectivity index (χ3n) is 5.01. The molecule has 1 aromatic heterocycles. The normalized spacial score (nSPS) is 15.1. The summed E-state index contributed by atoms with van der Waals surface area (Å²) in [4.78, 5) is 21.1. The number of methoxy groups -OCH3 is 1. The van der Waals surface area contributed by atoms with Crippen LogP contribution in [0.15, 0.2) is 42.7 Å². The maximum Gasteiger partial charge on any atom is 0.255 e. The van der Waals surface area contributed by atoms with E-state index >= 15 is 0 Å². The van der Waals surface area contributed by atoms with Crippen LogP contribution in [0.2, 0.25) is 0 Å². The second-order valence-corrected chi connectivity index (χ2v) is 7.09. The summed E-state index contributed by atoms with van der Waals surface area (Å²) < 4.78 is 5.23. The molecule has 0 radical (unpaired) electrons. The molecule has 2 heterocycles. The lowest BCUT2D eigenvalue weighted by Gasteiger charge is -2.31. The number of hydrogen-bond donors (Lipinski definition) is 0. The van der Waals surface area contributed by atoms with Gasteiger partial charge in [0.15, 0.2) is 0 Å². The largest absolute Gasteiger partial charge is 0.384 e. The van der Waals surface area contributed by atoms with Gasteiger partial charge in [-0.1, -0.05) is 12.1 Å². The van der Waals surface area contributed by atoms with Gasteiger partial charge in [0, 0.05) is 64.5 Å². The molecule has 5 heteroatoms. The maximum atomic E-state index is 12.8. The minimum Gasteiger partial charge on any atom is -0.384 e. The van der Waals surface area contributed by atoms with Gasteiger partial charge in [-0.05, 0) is 42.5 Å². The highest BCUT2D eigenvalue weighted by Gasteiger charge is 2.24. The van der Waals surface area contributed by atoms with Crippen LogP contribution in [-0.2, 0) is 4.74 Å². The number of aromatic nitrogens is 1. The van der Waals surface area contributed by atoms with E-state index in [1.807, 2.05) is 31.3 Å². The maximum absolute atomic E-state index is 12.8. The molecule has 0 bridgehead atoms. The van der Waals surface area contributed by atoms with E-state index in [0.29, 0.717) is 11.5 Å². The number of benzene rings is 1. The molecule has 1 saturated heterocycles. The van der Waals surface area contributed by atoms with Crippen molar-refractivity contribution < 1.29 is 9.53 Å². The minimum atomic E-state index is 0.0696. The van der Waals surface area contributed by atoms with Crippen LogP contribution in [0.3, 0.4) is 0 Å². The Hall–Kier alpha value is -2.40. The third kappa shape index (κ3) is 4.22. The summed E-state index contributed by atoms with van der Waals surface area (Å²) in [5.41, 5.74) is 3.84. The fourth-order valence-electron chi connectivity index (χ4n) is 3.39. The average Bonchev–Trinajstić information content (AvgIpc) is 2.68. The smallest absolute Gasteiger partial charge is 0.255 e. The number of amides is 1. The first-order valence-electron chi connectivity index (χ1n) is 9.09. The topological polar surface area (TPSA) is 45.7 Å². The molecule has 1 aromatic carbocycles. The van der Waals surface area contributed by atoms with Crippen molar-refractivity contribution >= 4 is 11.6 Å². The Kier molecular flexibility index (Phi) is 5.89. The van der Waals surface area contributed by atoms with Crippen LogP contribution >= 0.6 is 0 Å². The highest BCUT2D eigenvalue weighted by atomic mass is 16.5. The van der Waals surface area contributed by atoms with E-state index in [9.17, 15) is 4.79 Å². The summed E-state index contributed by atoms with van der Waals surface area (Å²) in [5, 5.41) is 0. The van der Waals surface area contributed by atoms with Gasteiger partial charge in [0.05, 0.1) is 5.56 Å². The van der Waals surface area contributed by atoms with Gasteiger partial charge in [-0.3, -0.25) is 9.78 Å². The number of carbonyl (C=O) groups is 1. The first-order chi connectivity index (χ1) is 12.6. The molecule has 0 N–H and O–H groups in total. The van der Waals surface area contributed by atoms with E-state index in [-0.39, 0.29) is 5.91 Å². The fourth-order valence-corrected chi connectivity index (χ4v) is 3.39. The zero-order valence-corrected chi connectivity index (χ0v) is 15.8. The first-order valence-corrected chi connectivity index (χ1v) is 9.09. The predicted molar refractivity (Wildman–Crippen MR) is 105 cm³/mol. The van der Waals surface area contributed by atoms with E-state index in [0.717, 1.165) is 49.4 Å². The Labute approximate surface area is 155 Å². The molecule has 0 atom stereocenters. The van der Waals surface area contributed by atoms with Gasteiger partial charge in [0.1, 0.15) is 0 Å². The van der Waals surface area contributed by atoms with E-state index in [1.54, 1.807) is 13.3 Å². The first kappa shape index (κ1) is 18.4. The van der Waals surface area contributed by atoms with Gasteiger partial charge in [0.25, 0.3) is 5.91 Å². The van der Waals surface area contributed by atoms with Crippen molar-refractivity contribution in [3.8, 4) is 11.1 Å². The zero-order valence-electron chi connectivity index (χ0n) is 15.8. The van der Waals surface area contributed by atoms with E-state index in [1.165, 1.54) is 0 Å². The Morgan fingerprint density at radius 3 is 2.46 bits per heavy atom. The van der Waals surface area contributed by atoms with Crippen molar-refractivity contribution in [3.05, 3.63) is 48.3 Å². The Balaban J connectivity index is 1.72. The number of carbonyl (C=O) groups excluding carboxylic acids is 1. The van der Waals surface area contributed by atoms with Gasteiger partial charge in [-0.15, -0.1) is 0 Å². The molecule has 1 aliphatic rings. The van der Waals surface area contributed by atoms with Gasteiger partial charge in [-0.25, -0.2) is 0 Å². The number of nitrogens with zero attached hydrogens (tertiary/aromatic N) is 3. The van der Waals surface area contributed by atoms with Gasteiger partial charge >= 0.3 is 0 Å². The molecule has 1 fully saturated rings. The fraction of sp³-hybridized carbons (Fsp3) is 0.429. The summed E-state index contributed by atoms with van der Waals surface area (Å²) in [6.45, 7) is 2.35.